The lowest BCUT2D eigenvalue weighted by Gasteiger charge is -2.38. The third kappa shape index (κ3) is 6.54. The Morgan fingerprint density at radius 2 is 1.63 bits per heavy atom. The number of halogens is 7. The largest absolute Gasteiger partial charge is 0.416 e. The van der Waals surface area contributed by atoms with E-state index in [-0.39, 0.29) is 42.5 Å². The van der Waals surface area contributed by atoms with Crippen LogP contribution in [-0.2, 0) is 21.9 Å². The summed E-state index contributed by atoms with van der Waals surface area (Å²) in [5.41, 5.74) is -2.48. The van der Waals surface area contributed by atoms with Gasteiger partial charge in [0.05, 0.1) is 29.4 Å². The molecule has 3 heterocycles. The van der Waals surface area contributed by atoms with Crippen LogP contribution in [0.1, 0.15) is 60.5 Å². The SMILES string of the molecule is C[C@@H](O[C@H]1CN2C(=O)CC(CN3CCC(O)C3)C[C@H]2[C@@H]1c1ccc(F)cc1)c1cc(C(F)(F)F)cc(C(F)(F)F)c1. The van der Waals surface area contributed by atoms with E-state index in [0.717, 1.165) is 6.54 Å². The first kappa shape index (κ1) is 29.8. The van der Waals surface area contributed by atoms with Crippen molar-refractivity contribution in [3.05, 3.63) is 70.5 Å². The Morgan fingerprint density at radius 3 is 2.20 bits per heavy atom. The number of β-amino-alcohol motifs (C(OH)–C–C–N with tert-alkyl or cyclic N) is 1. The highest BCUT2D eigenvalue weighted by atomic mass is 19.4. The highest BCUT2D eigenvalue weighted by Gasteiger charge is 2.49. The van der Waals surface area contributed by atoms with Crippen molar-refractivity contribution in [2.24, 2.45) is 5.92 Å². The number of aliphatic hydroxyl groups is 1. The van der Waals surface area contributed by atoms with E-state index in [1.165, 1.54) is 19.1 Å². The number of amides is 1. The smallest absolute Gasteiger partial charge is 0.392 e. The second kappa shape index (κ2) is 11.2. The average Bonchev–Trinajstić information content (AvgIpc) is 3.46. The molecular formula is C29H31F7N2O3. The molecule has 41 heavy (non-hydrogen) atoms. The van der Waals surface area contributed by atoms with Crippen molar-refractivity contribution in [1.29, 1.82) is 0 Å². The molecule has 0 spiro atoms. The Bertz CT molecular complexity index is 1220. The summed E-state index contributed by atoms with van der Waals surface area (Å²) < 4.78 is 101. The Hall–Kier alpha value is -2.70. The van der Waals surface area contributed by atoms with Gasteiger partial charge in [0, 0.05) is 44.6 Å². The van der Waals surface area contributed by atoms with Gasteiger partial charge in [-0.05, 0) is 67.1 Å². The summed E-state index contributed by atoms with van der Waals surface area (Å²) in [6.07, 6.45) is -10.8. The molecule has 6 atom stereocenters. The highest BCUT2D eigenvalue weighted by Crippen LogP contribution is 2.45. The molecule has 0 aliphatic carbocycles. The van der Waals surface area contributed by atoms with Gasteiger partial charge >= 0.3 is 12.4 Å². The first-order valence-corrected chi connectivity index (χ1v) is 13.6. The monoisotopic (exact) mass is 588 g/mol. The van der Waals surface area contributed by atoms with Gasteiger partial charge < -0.3 is 19.6 Å². The minimum atomic E-state index is -4.99. The zero-order valence-corrected chi connectivity index (χ0v) is 22.3. The second-order valence-corrected chi connectivity index (χ2v) is 11.4. The summed E-state index contributed by atoms with van der Waals surface area (Å²) in [5.74, 6) is -1.06. The number of ether oxygens (including phenoxy) is 1. The van der Waals surface area contributed by atoms with Gasteiger partial charge in [-0.3, -0.25) is 4.79 Å². The van der Waals surface area contributed by atoms with E-state index >= 15 is 0 Å². The first-order valence-electron chi connectivity index (χ1n) is 13.6. The van der Waals surface area contributed by atoms with E-state index in [0.29, 0.717) is 43.6 Å². The van der Waals surface area contributed by atoms with Crippen LogP contribution < -0.4 is 0 Å². The van der Waals surface area contributed by atoms with E-state index in [4.69, 9.17) is 4.74 Å². The van der Waals surface area contributed by atoms with E-state index < -0.39 is 53.5 Å². The van der Waals surface area contributed by atoms with Crippen molar-refractivity contribution < 1.29 is 45.4 Å². The van der Waals surface area contributed by atoms with Gasteiger partial charge in [0.25, 0.3) is 0 Å². The number of piperidine rings is 1. The molecule has 1 N–H and O–H groups in total. The molecule has 5 nitrogen and oxygen atoms in total. The fraction of sp³-hybridized carbons (Fsp3) is 0.552. The number of nitrogens with zero attached hydrogens (tertiary/aromatic N) is 2. The number of carbonyl (C=O) groups is 1. The maximum atomic E-state index is 13.8. The van der Waals surface area contributed by atoms with E-state index in [9.17, 15) is 40.6 Å². The van der Waals surface area contributed by atoms with Crippen molar-refractivity contribution in [3.63, 3.8) is 0 Å². The van der Waals surface area contributed by atoms with Gasteiger partial charge in [-0.15, -0.1) is 0 Å². The molecule has 0 bridgehead atoms. The zero-order valence-electron chi connectivity index (χ0n) is 22.3. The van der Waals surface area contributed by atoms with Crippen LogP contribution in [0.4, 0.5) is 30.7 Å². The third-order valence-electron chi connectivity index (χ3n) is 8.43. The van der Waals surface area contributed by atoms with Crippen molar-refractivity contribution >= 4 is 5.91 Å². The number of hydrogen-bond acceptors (Lipinski definition) is 4. The Labute approximate surface area is 232 Å². The zero-order chi connectivity index (χ0) is 29.7. The lowest BCUT2D eigenvalue weighted by molar-refractivity contribution is -0.143. The fourth-order valence-electron chi connectivity index (χ4n) is 6.52. The molecule has 5 rings (SSSR count). The quantitative estimate of drug-likeness (QED) is 0.435. The molecule has 12 heteroatoms. The van der Waals surface area contributed by atoms with Gasteiger partial charge in [0.1, 0.15) is 5.82 Å². The number of fused-ring (bicyclic) bond motifs is 1. The second-order valence-electron chi connectivity index (χ2n) is 11.4. The summed E-state index contributed by atoms with van der Waals surface area (Å²) in [4.78, 5) is 17.0. The number of rotatable bonds is 6. The topological polar surface area (TPSA) is 53.0 Å². The highest BCUT2D eigenvalue weighted by molar-refractivity contribution is 5.78. The number of hydrogen-bond donors (Lipinski definition) is 1. The number of alkyl halides is 6. The Kier molecular flexibility index (Phi) is 8.12. The third-order valence-corrected chi connectivity index (χ3v) is 8.43. The molecule has 1 amide bonds. The van der Waals surface area contributed by atoms with Crippen LogP contribution in [-0.4, -0.2) is 65.2 Å². The Morgan fingerprint density at radius 1 is 1.00 bits per heavy atom. The van der Waals surface area contributed by atoms with Crippen molar-refractivity contribution in [1.82, 2.24) is 9.80 Å². The molecule has 2 aromatic carbocycles. The summed E-state index contributed by atoms with van der Waals surface area (Å²) in [6, 6.07) is 6.72. The predicted octanol–water partition coefficient (Wildman–Crippen LogP) is 5.78. The molecule has 2 unspecified atom stereocenters. The standard InChI is InChI=1S/C29H31F7N2O3/c1-16(19-10-20(28(31,32)33)12-21(11-19)29(34,35)36)41-25-15-38-24(27(25)18-2-4-22(30)5-3-18)8-17(9-26(38)40)13-37-7-6-23(39)14-37/h2-5,10-12,16-17,23-25,27,39H,6-9,13-15H2,1H3/t16-,17?,23?,24+,25+,27+/m1/s1. The van der Waals surface area contributed by atoms with Gasteiger partial charge in [-0.2, -0.15) is 26.3 Å². The molecular weight excluding hydrogens is 557 g/mol. The summed E-state index contributed by atoms with van der Waals surface area (Å²) in [5, 5.41) is 9.89. The molecule has 3 aliphatic rings. The van der Waals surface area contributed by atoms with Crippen LogP contribution in [0.25, 0.3) is 0 Å². The molecule has 0 radical (unpaired) electrons. The van der Waals surface area contributed by atoms with E-state index in [1.807, 2.05) is 0 Å². The molecule has 3 fully saturated rings. The van der Waals surface area contributed by atoms with Crippen molar-refractivity contribution in [2.45, 2.75) is 68.8 Å². The minimum absolute atomic E-state index is 0.00835. The van der Waals surface area contributed by atoms with Crippen LogP contribution in [0.15, 0.2) is 42.5 Å². The molecule has 3 saturated heterocycles. The molecule has 2 aromatic rings. The van der Waals surface area contributed by atoms with Gasteiger partial charge in [0.15, 0.2) is 0 Å². The fourth-order valence-corrected chi connectivity index (χ4v) is 6.52. The van der Waals surface area contributed by atoms with Crippen molar-refractivity contribution in [3.8, 4) is 0 Å². The van der Waals surface area contributed by atoms with Gasteiger partial charge in [-0.1, -0.05) is 12.1 Å². The van der Waals surface area contributed by atoms with E-state index in [2.05, 4.69) is 4.90 Å². The number of benzene rings is 2. The van der Waals surface area contributed by atoms with Crippen molar-refractivity contribution in [2.75, 3.05) is 26.2 Å². The lowest BCUT2D eigenvalue weighted by Crippen LogP contribution is -2.46. The number of likely N-dealkylation sites (tertiary alicyclic amines) is 1. The number of carbonyl (C=O) groups excluding carboxylic acids is 1. The molecule has 0 aromatic heterocycles. The average molecular weight is 589 g/mol. The first-order chi connectivity index (χ1) is 19.2. The number of aliphatic hydroxyl groups excluding tert-OH is 1. The molecule has 3 aliphatic heterocycles. The van der Waals surface area contributed by atoms with Gasteiger partial charge in [0.2, 0.25) is 5.91 Å². The maximum absolute atomic E-state index is 13.8. The minimum Gasteiger partial charge on any atom is -0.392 e. The Balaban J connectivity index is 1.43. The van der Waals surface area contributed by atoms with Crippen LogP contribution in [0.5, 0.6) is 0 Å². The van der Waals surface area contributed by atoms with Crippen LogP contribution in [0.3, 0.4) is 0 Å². The van der Waals surface area contributed by atoms with Crippen LogP contribution in [0.2, 0.25) is 0 Å². The van der Waals surface area contributed by atoms with Gasteiger partial charge in [-0.25, -0.2) is 4.39 Å². The maximum Gasteiger partial charge on any atom is 0.416 e. The van der Waals surface area contributed by atoms with Crippen LogP contribution in [0, 0.1) is 11.7 Å². The predicted molar refractivity (Wildman–Crippen MR) is 134 cm³/mol. The summed E-state index contributed by atoms with van der Waals surface area (Å²) in [6.45, 7) is 3.37. The summed E-state index contributed by atoms with van der Waals surface area (Å²) >= 11 is 0. The van der Waals surface area contributed by atoms with Crippen LogP contribution >= 0.6 is 0 Å². The normalized spacial score (nSPS) is 28.3. The van der Waals surface area contributed by atoms with E-state index in [1.54, 1.807) is 17.0 Å². The molecule has 0 saturated carbocycles. The lowest BCUT2D eigenvalue weighted by atomic mass is 9.81. The molecule has 224 valence electrons. The summed E-state index contributed by atoms with van der Waals surface area (Å²) in [7, 11) is 0.